The number of amides is 2. The number of rotatable bonds is 3. The second-order valence-electron chi connectivity index (χ2n) is 5.40. The van der Waals surface area contributed by atoms with E-state index in [0.717, 1.165) is 16.3 Å². The predicted molar refractivity (Wildman–Crippen MR) is 85.8 cm³/mol. The van der Waals surface area contributed by atoms with Crippen LogP contribution in [0, 0.1) is 12.7 Å². The molecule has 1 N–H and O–H groups in total. The Morgan fingerprint density at radius 2 is 2.26 bits per heavy atom. The first-order valence-electron chi connectivity index (χ1n) is 7.42. The molecule has 122 valence electrons. The Hall–Kier alpha value is -1.99. The van der Waals surface area contributed by atoms with Gasteiger partial charge in [0.15, 0.2) is 0 Å². The molecule has 1 aromatic carbocycles. The minimum atomic E-state index is -0.280. The molecule has 1 fully saturated rings. The Morgan fingerprint density at radius 1 is 1.48 bits per heavy atom. The lowest BCUT2D eigenvalue weighted by Crippen LogP contribution is -2.46. The number of thiazole rings is 1. The minimum absolute atomic E-state index is 0.131. The van der Waals surface area contributed by atoms with Crippen LogP contribution in [0.4, 0.5) is 9.18 Å². The van der Waals surface area contributed by atoms with Crippen LogP contribution in [-0.4, -0.2) is 35.6 Å². The molecule has 23 heavy (non-hydrogen) atoms. The molecule has 2 heterocycles. The third-order valence-corrected chi connectivity index (χ3v) is 4.62. The fourth-order valence-electron chi connectivity index (χ4n) is 2.46. The lowest BCUT2D eigenvalue weighted by molar-refractivity contribution is -0.0155. The number of ether oxygens (including phenoxy) is 1. The van der Waals surface area contributed by atoms with Crippen molar-refractivity contribution in [3.05, 3.63) is 51.7 Å². The van der Waals surface area contributed by atoms with Gasteiger partial charge in [-0.3, -0.25) is 0 Å². The lowest BCUT2D eigenvalue weighted by atomic mass is 10.1. The monoisotopic (exact) mass is 335 g/mol. The second kappa shape index (κ2) is 7.06. The summed E-state index contributed by atoms with van der Waals surface area (Å²) >= 11 is 1.53. The van der Waals surface area contributed by atoms with Crippen LogP contribution in [0.1, 0.15) is 22.4 Å². The fraction of sp³-hybridized carbons (Fsp3) is 0.375. The van der Waals surface area contributed by atoms with E-state index in [9.17, 15) is 9.18 Å². The van der Waals surface area contributed by atoms with Crippen LogP contribution < -0.4 is 5.32 Å². The molecule has 0 spiro atoms. The van der Waals surface area contributed by atoms with Gasteiger partial charge in [-0.15, -0.1) is 11.3 Å². The molecule has 1 aliphatic rings. The zero-order valence-corrected chi connectivity index (χ0v) is 13.6. The first-order chi connectivity index (χ1) is 11.1. The molecule has 0 saturated carbocycles. The summed E-state index contributed by atoms with van der Waals surface area (Å²) in [5.41, 5.74) is 1.83. The van der Waals surface area contributed by atoms with Gasteiger partial charge in [0.2, 0.25) is 0 Å². The van der Waals surface area contributed by atoms with Gasteiger partial charge in [-0.05, 0) is 24.6 Å². The number of morpholine rings is 1. The molecule has 2 aromatic rings. The number of halogens is 1. The molecule has 0 aliphatic carbocycles. The maximum atomic E-state index is 13.0. The molecule has 1 aliphatic heterocycles. The van der Waals surface area contributed by atoms with E-state index in [1.807, 2.05) is 12.3 Å². The maximum absolute atomic E-state index is 13.0. The van der Waals surface area contributed by atoms with E-state index in [-0.39, 0.29) is 18.0 Å². The number of hydrogen-bond donors (Lipinski definition) is 1. The van der Waals surface area contributed by atoms with Gasteiger partial charge in [-0.25, -0.2) is 14.2 Å². The Morgan fingerprint density at radius 3 is 2.96 bits per heavy atom. The number of urea groups is 1. The number of hydrogen-bond acceptors (Lipinski definition) is 4. The third kappa shape index (κ3) is 4.05. The van der Waals surface area contributed by atoms with Crippen LogP contribution in [-0.2, 0) is 11.3 Å². The van der Waals surface area contributed by atoms with E-state index in [4.69, 9.17) is 4.74 Å². The molecule has 0 unspecified atom stereocenters. The van der Waals surface area contributed by atoms with Gasteiger partial charge in [-0.2, -0.15) is 0 Å². The molecule has 7 heteroatoms. The number of benzene rings is 1. The molecule has 1 aromatic heterocycles. The molecule has 1 atom stereocenters. The number of aryl methyl sites for hydroxylation is 1. The average Bonchev–Trinajstić information content (AvgIpc) is 2.99. The van der Waals surface area contributed by atoms with Gasteiger partial charge in [0.25, 0.3) is 0 Å². The summed E-state index contributed by atoms with van der Waals surface area (Å²) in [6, 6.07) is 6.07. The first kappa shape index (κ1) is 15.9. The molecule has 5 nitrogen and oxygen atoms in total. The van der Waals surface area contributed by atoms with Gasteiger partial charge >= 0.3 is 6.03 Å². The van der Waals surface area contributed by atoms with Crippen LogP contribution in [0.2, 0.25) is 0 Å². The summed E-state index contributed by atoms with van der Waals surface area (Å²) in [5, 5.41) is 5.73. The number of carbonyl (C=O) groups is 1. The van der Waals surface area contributed by atoms with Crippen molar-refractivity contribution in [1.82, 2.24) is 15.2 Å². The zero-order chi connectivity index (χ0) is 16.2. The van der Waals surface area contributed by atoms with Crippen LogP contribution in [0.3, 0.4) is 0 Å². The van der Waals surface area contributed by atoms with E-state index >= 15 is 0 Å². The SMILES string of the molecule is Cc1csc(CNC(=O)N2CCO[C@@H](c3ccc(F)cc3)C2)n1. The molecule has 0 radical (unpaired) electrons. The first-order valence-corrected chi connectivity index (χ1v) is 8.30. The van der Waals surface area contributed by atoms with E-state index in [1.54, 1.807) is 17.0 Å². The number of aromatic nitrogens is 1. The van der Waals surface area contributed by atoms with Crippen molar-refractivity contribution in [2.45, 2.75) is 19.6 Å². The highest BCUT2D eigenvalue weighted by atomic mass is 32.1. The molecular formula is C16H18FN3O2S. The summed E-state index contributed by atoms with van der Waals surface area (Å²) in [6.45, 7) is 3.81. The molecular weight excluding hydrogens is 317 g/mol. The van der Waals surface area contributed by atoms with Crippen LogP contribution in [0.25, 0.3) is 0 Å². The Kier molecular flexibility index (Phi) is 4.88. The van der Waals surface area contributed by atoms with Crippen molar-refractivity contribution in [3.8, 4) is 0 Å². The van der Waals surface area contributed by atoms with Gasteiger partial charge in [0, 0.05) is 17.6 Å². The van der Waals surface area contributed by atoms with Gasteiger partial charge in [0.05, 0.1) is 19.7 Å². The fourth-order valence-corrected chi connectivity index (χ4v) is 3.17. The Labute approximate surface area is 138 Å². The summed E-state index contributed by atoms with van der Waals surface area (Å²) in [6.07, 6.45) is -0.225. The summed E-state index contributed by atoms with van der Waals surface area (Å²) in [4.78, 5) is 18.3. The molecule has 2 amide bonds. The quantitative estimate of drug-likeness (QED) is 0.938. The average molecular weight is 335 g/mol. The molecule has 0 bridgehead atoms. The van der Waals surface area contributed by atoms with Gasteiger partial charge in [-0.1, -0.05) is 12.1 Å². The maximum Gasteiger partial charge on any atom is 0.317 e. The van der Waals surface area contributed by atoms with Gasteiger partial charge in [0.1, 0.15) is 16.9 Å². The Balaban J connectivity index is 1.57. The van der Waals surface area contributed by atoms with Gasteiger partial charge < -0.3 is 15.0 Å². The summed E-state index contributed by atoms with van der Waals surface area (Å²) in [5.74, 6) is -0.280. The van der Waals surface area contributed by atoms with Crippen molar-refractivity contribution in [2.75, 3.05) is 19.7 Å². The number of nitrogens with zero attached hydrogens (tertiary/aromatic N) is 2. The standard InChI is InChI=1S/C16H18FN3O2S/c1-11-10-23-15(19-11)8-18-16(21)20-6-7-22-14(9-20)12-2-4-13(17)5-3-12/h2-5,10,14H,6-9H2,1H3,(H,18,21)/t14-/m1/s1. The highest BCUT2D eigenvalue weighted by molar-refractivity contribution is 7.09. The smallest absolute Gasteiger partial charge is 0.317 e. The second-order valence-corrected chi connectivity index (χ2v) is 6.34. The molecule has 1 saturated heterocycles. The lowest BCUT2D eigenvalue weighted by Gasteiger charge is -2.33. The predicted octanol–water partition coefficient (Wildman–Crippen LogP) is 2.87. The Bertz CT molecular complexity index is 674. The van der Waals surface area contributed by atoms with Crippen molar-refractivity contribution in [1.29, 1.82) is 0 Å². The zero-order valence-electron chi connectivity index (χ0n) is 12.8. The highest BCUT2D eigenvalue weighted by Gasteiger charge is 2.25. The van der Waals surface area contributed by atoms with Crippen molar-refractivity contribution >= 4 is 17.4 Å². The van der Waals surface area contributed by atoms with E-state index < -0.39 is 0 Å². The normalized spacial score (nSPS) is 18.0. The van der Waals surface area contributed by atoms with Crippen molar-refractivity contribution in [3.63, 3.8) is 0 Å². The molecule has 3 rings (SSSR count). The summed E-state index contributed by atoms with van der Waals surface area (Å²) in [7, 11) is 0. The largest absolute Gasteiger partial charge is 0.370 e. The topological polar surface area (TPSA) is 54.5 Å². The van der Waals surface area contributed by atoms with Crippen LogP contribution in [0.5, 0.6) is 0 Å². The number of nitrogens with one attached hydrogen (secondary N) is 1. The van der Waals surface area contributed by atoms with E-state index in [1.165, 1.54) is 23.5 Å². The third-order valence-electron chi connectivity index (χ3n) is 3.65. The van der Waals surface area contributed by atoms with Crippen molar-refractivity contribution < 1.29 is 13.9 Å². The van der Waals surface area contributed by atoms with Crippen molar-refractivity contribution in [2.24, 2.45) is 0 Å². The van der Waals surface area contributed by atoms with Crippen LogP contribution in [0.15, 0.2) is 29.6 Å². The number of carbonyl (C=O) groups excluding carboxylic acids is 1. The van der Waals surface area contributed by atoms with E-state index in [0.29, 0.717) is 26.2 Å². The van der Waals surface area contributed by atoms with Crippen LogP contribution >= 0.6 is 11.3 Å². The summed E-state index contributed by atoms with van der Waals surface area (Å²) < 4.78 is 18.7. The minimum Gasteiger partial charge on any atom is -0.370 e. The van der Waals surface area contributed by atoms with E-state index in [2.05, 4.69) is 10.3 Å². The highest BCUT2D eigenvalue weighted by Crippen LogP contribution is 2.22.